The SMILES string of the molecule is CC(C)(C)[Si](C)(C)Oc1cccc(-c2sc3cc(S(=O)(=O)C(F)(F)F)cc(O)c3c2C(=O)c2ccc(OCCN3CCCCC3)cc2)c1. The second-order valence-electron chi connectivity index (χ2n) is 13.6. The maximum atomic E-state index is 14.2. The molecule has 1 aliphatic heterocycles. The molecule has 0 bridgehead atoms. The maximum absolute atomic E-state index is 14.2. The van der Waals surface area contributed by atoms with Crippen LogP contribution in [0.2, 0.25) is 18.1 Å². The molecule has 48 heavy (non-hydrogen) atoms. The van der Waals surface area contributed by atoms with E-state index in [1.54, 1.807) is 48.5 Å². The molecule has 5 rings (SSSR count). The first-order valence-electron chi connectivity index (χ1n) is 15.8. The monoisotopic (exact) mass is 719 g/mol. The van der Waals surface area contributed by atoms with Gasteiger partial charge in [0.15, 0.2) is 5.78 Å². The van der Waals surface area contributed by atoms with Gasteiger partial charge in [-0.3, -0.25) is 9.69 Å². The standard InChI is InChI=1S/C35H40F3NO6S2Si/c1-34(2,3)48(4,5)45-26-11-9-10-24(20-26)33-31(30-28(40)21-27(22-29(30)46-33)47(42,43)35(36,37)38)32(41)23-12-14-25(15-13-23)44-19-18-39-16-7-6-8-17-39/h9-15,20-22,40H,6-8,16-19H2,1-5H3. The summed E-state index contributed by atoms with van der Waals surface area (Å²) < 4.78 is 77.4. The van der Waals surface area contributed by atoms with Crippen LogP contribution in [0.5, 0.6) is 17.2 Å². The van der Waals surface area contributed by atoms with Crippen molar-refractivity contribution in [3.05, 3.63) is 71.8 Å². The Hall–Kier alpha value is -3.39. The van der Waals surface area contributed by atoms with Crippen LogP contribution in [0.15, 0.2) is 65.6 Å². The number of piperidine rings is 1. The lowest BCUT2D eigenvalue weighted by Gasteiger charge is -2.36. The summed E-state index contributed by atoms with van der Waals surface area (Å²) in [5, 5.41) is 10.9. The van der Waals surface area contributed by atoms with Crippen molar-refractivity contribution in [3.8, 4) is 27.7 Å². The van der Waals surface area contributed by atoms with E-state index < -0.39 is 40.1 Å². The van der Waals surface area contributed by atoms with E-state index in [2.05, 4.69) is 38.8 Å². The van der Waals surface area contributed by atoms with Crippen LogP contribution in [-0.2, 0) is 9.84 Å². The molecule has 0 saturated carbocycles. The number of phenols is 1. The molecule has 0 unspecified atom stereocenters. The molecule has 1 aliphatic rings. The summed E-state index contributed by atoms with van der Waals surface area (Å²) in [5.41, 5.74) is -4.72. The quantitative estimate of drug-likeness (QED) is 0.129. The van der Waals surface area contributed by atoms with Crippen molar-refractivity contribution in [2.24, 2.45) is 0 Å². The first-order chi connectivity index (χ1) is 22.4. The van der Waals surface area contributed by atoms with E-state index in [0.717, 1.165) is 37.0 Å². The van der Waals surface area contributed by atoms with Gasteiger partial charge < -0.3 is 14.3 Å². The van der Waals surface area contributed by atoms with Gasteiger partial charge in [-0.2, -0.15) is 13.2 Å². The number of carbonyl (C=O) groups is 1. The Bertz CT molecular complexity index is 1910. The van der Waals surface area contributed by atoms with Crippen LogP contribution < -0.4 is 9.16 Å². The van der Waals surface area contributed by atoms with Gasteiger partial charge >= 0.3 is 5.51 Å². The summed E-state index contributed by atoms with van der Waals surface area (Å²) in [6.07, 6.45) is 3.60. The molecule has 0 radical (unpaired) electrons. The molecule has 0 atom stereocenters. The normalized spacial score (nSPS) is 15.1. The molecule has 1 saturated heterocycles. The fourth-order valence-electron chi connectivity index (χ4n) is 5.36. The zero-order valence-electron chi connectivity index (χ0n) is 27.6. The smallest absolute Gasteiger partial charge is 0.501 e. The van der Waals surface area contributed by atoms with Crippen molar-refractivity contribution in [2.45, 2.75) is 68.6 Å². The fourth-order valence-corrected chi connectivity index (χ4v) is 8.52. The molecule has 4 aromatic rings. The average Bonchev–Trinajstić information content (AvgIpc) is 3.41. The van der Waals surface area contributed by atoms with Gasteiger partial charge in [-0.15, -0.1) is 11.3 Å². The fraction of sp³-hybridized carbons (Fsp3) is 0.400. The van der Waals surface area contributed by atoms with Gasteiger partial charge in [0.25, 0.3) is 9.84 Å². The molecule has 0 spiro atoms. The molecular formula is C35H40F3NO6S2Si. The van der Waals surface area contributed by atoms with Crippen LogP contribution in [0, 0.1) is 0 Å². The molecule has 1 aromatic heterocycles. The Kier molecular flexibility index (Phi) is 10.1. The Morgan fingerprint density at radius 1 is 0.958 bits per heavy atom. The third-order valence-corrected chi connectivity index (χ3v) is 16.1. The number of fused-ring (bicyclic) bond motifs is 1. The summed E-state index contributed by atoms with van der Waals surface area (Å²) in [6, 6.07) is 15.0. The van der Waals surface area contributed by atoms with Crippen LogP contribution in [-0.4, -0.2) is 64.3 Å². The lowest BCUT2D eigenvalue weighted by molar-refractivity contribution is -0.0436. The zero-order valence-corrected chi connectivity index (χ0v) is 30.2. The van der Waals surface area contributed by atoms with Crippen molar-refractivity contribution in [3.63, 3.8) is 0 Å². The number of alkyl halides is 3. The Morgan fingerprint density at radius 3 is 2.25 bits per heavy atom. The summed E-state index contributed by atoms with van der Waals surface area (Å²) in [4.78, 5) is 15.8. The number of hydrogen-bond donors (Lipinski definition) is 1. The Labute approximate surface area is 284 Å². The van der Waals surface area contributed by atoms with E-state index in [1.165, 1.54) is 19.3 Å². The van der Waals surface area contributed by atoms with E-state index in [4.69, 9.17) is 9.16 Å². The van der Waals surface area contributed by atoms with Gasteiger partial charge in [-0.05, 0) is 98.2 Å². The van der Waals surface area contributed by atoms with Gasteiger partial charge in [0.2, 0.25) is 8.32 Å². The highest BCUT2D eigenvalue weighted by Gasteiger charge is 2.47. The van der Waals surface area contributed by atoms with Crippen LogP contribution >= 0.6 is 11.3 Å². The number of aromatic hydroxyl groups is 1. The number of thiophene rings is 1. The molecule has 13 heteroatoms. The molecular weight excluding hydrogens is 680 g/mol. The highest BCUT2D eigenvalue weighted by molar-refractivity contribution is 7.92. The van der Waals surface area contributed by atoms with E-state index in [1.807, 2.05) is 0 Å². The first-order valence-corrected chi connectivity index (χ1v) is 21.0. The average molecular weight is 720 g/mol. The predicted octanol–water partition coefficient (Wildman–Crippen LogP) is 9.05. The highest BCUT2D eigenvalue weighted by Crippen LogP contribution is 2.47. The number of hydrogen-bond acceptors (Lipinski definition) is 8. The van der Waals surface area contributed by atoms with Crippen molar-refractivity contribution >= 4 is 45.4 Å². The number of nitrogens with zero attached hydrogens (tertiary/aromatic N) is 1. The van der Waals surface area contributed by atoms with Crippen LogP contribution in [0.3, 0.4) is 0 Å². The number of rotatable bonds is 10. The van der Waals surface area contributed by atoms with E-state index in [-0.39, 0.29) is 26.3 Å². The van der Waals surface area contributed by atoms with Gasteiger partial charge in [0, 0.05) is 27.1 Å². The van der Waals surface area contributed by atoms with E-state index in [9.17, 15) is 31.5 Å². The number of ether oxygens (including phenoxy) is 1. The van der Waals surface area contributed by atoms with Crippen LogP contribution in [0.4, 0.5) is 13.2 Å². The highest BCUT2D eigenvalue weighted by atomic mass is 32.2. The van der Waals surface area contributed by atoms with Gasteiger partial charge in [-0.1, -0.05) is 39.3 Å². The summed E-state index contributed by atoms with van der Waals surface area (Å²) in [5.74, 6) is -0.0917. The molecule has 258 valence electrons. The maximum Gasteiger partial charge on any atom is 0.501 e. The molecule has 1 fully saturated rings. The molecule has 0 aliphatic carbocycles. The number of likely N-dealkylation sites (tertiary alicyclic amines) is 1. The number of phenolic OH excluding ortho intramolecular Hbond substituents is 1. The molecule has 3 aromatic carbocycles. The minimum absolute atomic E-state index is 0.0181. The number of halogens is 3. The largest absolute Gasteiger partial charge is 0.543 e. The Morgan fingerprint density at radius 2 is 1.62 bits per heavy atom. The molecule has 2 heterocycles. The minimum Gasteiger partial charge on any atom is -0.543 e. The van der Waals surface area contributed by atoms with E-state index >= 15 is 0 Å². The summed E-state index contributed by atoms with van der Waals surface area (Å²) in [6.45, 7) is 13.9. The zero-order chi connectivity index (χ0) is 35.1. The third kappa shape index (κ3) is 7.43. The van der Waals surface area contributed by atoms with Gasteiger partial charge in [0.05, 0.1) is 10.5 Å². The van der Waals surface area contributed by atoms with Crippen molar-refractivity contribution in [1.82, 2.24) is 4.90 Å². The minimum atomic E-state index is -5.76. The number of ketones is 1. The van der Waals surface area contributed by atoms with Gasteiger partial charge in [-0.25, -0.2) is 8.42 Å². The summed E-state index contributed by atoms with van der Waals surface area (Å²) in [7, 11) is -8.02. The lowest BCUT2D eigenvalue weighted by atomic mass is 9.97. The van der Waals surface area contributed by atoms with Crippen LogP contribution in [0.25, 0.3) is 20.5 Å². The summed E-state index contributed by atoms with van der Waals surface area (Å²) >= 11 is 0.929. The van der Waals surface area contributed by atoms with Gasteiger partial charge in [0.1, 0.15) is 23.9 Å². The number of benzene rings is 3. The lowest BCUT2D eigenvalue weighted by Crippen LogP contribution is -2.43. The van der Waals surface area contributed by atoms with Crippen LogP contribution in [0.1, 0.15) is 56.0 Å². The topological polar surface area (TPSA) is 93.1 Å². The Balaban J connectivity index is 1.55. The van der Waals surface area contributed by atoms with Crippen molar-refractivity contribution in [1.29, 1.82) is 0 Å². The molecule has 7 nitrogen and oxygen atoms in total. The second kappa shape index (κ2) is 13.5. The third-order valence-electron chi connectivity index (χ3n) is 9.10. The predicted molar refractivity (Wildman–Crippen MR) is 186 cm³/mol. The molecule has 1 N–H and O–H groups in total. The van der Waals surface area contributed by atoms with Crippen molar-refractivity contribution in [2.75, 3.05) is 26.2 Å². The molecule has 0 amide bonds. The number of sulfone groups is 1. The number of carbonyl (C=O) groups excluding carboxylic acids is 1. The second-order valence-corrected chi connectivity index (χ2v) is 21.3. The van der Waals surface area contributed by atoms with Crippen molar-refractivity contribution < 1.29 is 40.7 Å². The van der Waals surface area contributed by atoms with E-state index in [0.29, 0.717) is 34.6 Å². The first kappa shape index (κ1) is 35.9.